The minimum absolute atomic E-state index is 0.00838. The first-order valence-corrected chi connectivity index (χ1v) is 9.57. The highest BCUT2D eigenvalue weighted by molar-refractivity contribution is 7.99. The molecule has 0 saturated heterocycles. The Morgan fingerprint density at radius 2 is 1.96 bits per heavy atom. The highest BCUT2D eigenvalue weighted by Gasteiger charge is 2.31. The lowest BCUT2D eigenvalue weighted by Crippen LogP contribution is -2.21. The van der Waals surface area contributed by atoms with E-state index in [-0.39, 0.29) is 23.9 Å². The first-order chi connectivity index (χ1) is 12.5. The molecule has 0 amide bonds. The van der Waals surface area contributed by atoms with Gasteiger partial charge in [0, 0.05) is 34.2 Å². The Hall–Kier alpha value is -2.24. The molecule has 1 aliphatic rings. The second-order valence-corrected chi connectivity index (χ2v) is 7.71. The second-order valence-electron chi connectivity index (χ2n) is 6.21. The Kier molecular flexibility index (Phi) is 4.51. The lowest BCUT2D eigenvalue weighted by atomic mass is 9.93. The number of halogens is 1. The van der Waals surface area contributed by atoms with Gasteiger partial charge in [-0.15, -0.1) is 11.8 Å². The fraction of sp³-hybridized carbons (Fsp3) is 0.200. The van der Waals surface area contributed by atoms with E-state index in [1.807, 2.05) is 18.2 Å². The van der Waals surface area contributed by atoms with E-state index in [0.717, 1.165) is 21.4 Å². The minimum Gasteiger partial charge on any atom is -0.486 e. The summed E-state index contributed by atoms with van der Waals surface area (Å²) >= 11 is 7.54. The van der Waals surface area contributed by atoms with Crippen LogP contribution in [-0.2, 0) is 11.8 Å². The van der Waals surface area contributed by atoms with Gasteiger partial charge in [-0.25, -0.2) is 0 Å². The van der Waals surface area contributed by atoms with Crippen molar-refractivity contribution in [1.29, 1.82) is 0 Å². The molecule has 1 aromatic heterocycles. The molecule has 1 aliphatic heterocycles. The summed E-state index contributed by atoms with van der Waals surface area (Å²) in [5.74, 6) is 1.12. The van der Waals surface area contributed by atoms with E-state index in [4.69, 9.17) is 16.3 Å². The zero-order valence-electron chi connectivity index (χ0n) is 14.1. The number of ether oxygens (including phenoxy) is 1. The van der Waals surface area contributed by atoms with Crippen molar-refractivity contribution < 1.29 is 9.53 Å². The second kappa shape index (κ2) is 6.82. The van der Waals surface area contributed by atoms with Gasteiger partial charge in [0.25, 0.3) is 5.56 Å². The number of nitrogens with zero attached hydrogens (tertiary/aromatic N) is 1. The van der Waals surface area contributed by atoms with Gasteiger partial charge in [0.2, 0.25) is 0 Å². The van der Waals surface area contributed by atoms with Crippen LogP contribution in [0.15, 0.2) is 58.2 Å². The van der Waals surface area contributed by atoms with E-state index in [1.54, 1.807) is 53.7 Å². The molecule has 0 spiro atoms. The number of aryl methyl sites for hydroxylation is 1. The molecule has 4 nitrogen and oxygen atoms in total. The molecular formula is C20H16ClNO3S. The first kappa shape index (κ1) is 17.2. The zero-order chi connectivity index (χ0) is 18.3. The highest BCUT2D eigenvalue weighted by atomic mass is 35.5. The summed E-state index contributed by atoms with van der Waals surface area (Å²) in [6.45, 7) is 0.00838. The molecule has 0 radical (unpaired) electrons. The first-order valence-electron chi connectivity index (χ1n) is 8.21. The van der Waals surface area contributed by atoms with E-state index in [1.165, 1.54) is 0 Å². The van der Waals surface area contributed by atoms with Gasteiger partial charge in [0.05, 0.1) is 11.4 Å². The topological polar surface area (TPSA) is 48.3 Å². The number of aromatic nitrogens is 1. The lowest BCUT2D eigenvalue weighted by molar-refractivity contribution is -0.121. The number of benzene rings is 2. The van der Waals surface area contributed by atoms with E-state index in [0.29, 0.717) is 16.5 Å². The van der Waals surface area contributed by atoms with Crippen LogP contribution >= 0.6 is 23.4 Å². The predicted molar refractivity (Wildman–Crippen MR) is 105 cm³/mol. The number of hydrogen-bond acceptors (Lipinski definition) is 4. The van der Waals surface area contributed by atoms with Crippen molar-refractivity contribution in [2.75, 3.05) is 12.4 Å². The Morgan fingerprint density at radius 3 is 2.73 bits per heavy atom. The standard InChI is InChI=1S/C20H16ClNO3S/c1-22-16-7-8-18-20(14(16)6-9-19(22)24)15(11-26-18)17(23)10-25-13-4-2-12(21)3-5-13/h2-9,15H,10-11H2,1H3. The minimum atomic E-state index is -0.233. The molecule has 4 rings (SSSR count). The molecule has 2 heterocycles. The third-order valence-corrected chi connectivity index (χ3v) is 6.07. The van der Waals surface area contributed by atoms with Crippen LogP contribution in [0.2, 0.25) is 5.02 Å². The average molecular weight is 386 g/mol. The third-order valence-electron chi connectivity index (χ3n) is 4.65. The summed E-state index contributed by atoms with van der Waals surface area (Å²) < 4.78 is 7.25. The van der Waals surface area contributed by atoms with Gasteiger partial charge in [-0.3, -0.25) is 9.59 Å². The van der Waals surface area contributed by atoms with Crippen molar-refractivity contribution in [1.82, 2.24) is 4.57 Å². The quantitative estimate of drug-likeness (QED) is 0.680. The number of pyridine rings is 1. The number of carbonyl (C=O) groups is 1. The van der Waals surface area contributed by atoms with Crippen LogP contribution in [0.1, 0.15) is 11.5 Å². The van der Waals surface area contributed by atoms with Crippen LogP contribution in [0, 0.1) is 0 Å². The van der Waals surface area contributed by atoms with Crippen molar-refractivity contribution in [3.63, 3.8) is 0 Å². The van der Waals surface area contributed by atoms with E-state index >= 15 is 0 Å². The molecule has 0 N–H and O–H groups in total. The maximum atomic E-state index is 12.8. The van der Waals surface area contributed by atoms with Crippen LogP contribution in [0.3, 0.4) is 0 Å². The summed E-state index contributed by atoms with van der Waals surface area (Å²) in [5, 5.41) is 1.58. The molecule has 132 valence electrons. The van der Waals surface area contributed by atoms with Gasteiger partial charge >= 0.3 is 0 Å². The Labute approximate surface area is 159 Å². The number of hydrogen-bond donors (Lipinski definition) is 0. The average Bonchev–Trinajstić information content (AvgIpc) is 3.08. The molecule has 3 aromatic rings. The summed E-state index contributed by atoms with van der Waals surface area (Å²) in [6.07, 6.45) is 0. The normalized spacial score (nSPS) is 15.8. The van der Waals surface area contributed by atoms with Crippen molar-refractivity contribution >= 4 is 40.0 Å². The molecule has 0 bridgehead atoms. The highest BCUT2D eigenvalue weighted by Crippen LogP contribution is 2.43. The molecule has 0 saturated carbocycles. The van der Waals surface area contributed by atoms with Gasteiger partial charge in [-0.1, -0.05) is 11.6 Å². The third kappa shape index (κ3) is 3.02. The van der Waals surface area contributed by atoms with Gasteiger partial charge in [-0.2, -0.15) is 0 Å². The Bertz CT molecular complexity index is 1060. The van der Waals surface area contributed by atoms with Crippen LogP contribution in [0.25, 0.3) is 10.9 Å². The summed E-state index contributed by atoms with van der Waals surface area (Å²) in [4.78, 5) is 25.8. The van der Waals surface area contributed by atoms with Crippen LogP contribution in [-0.4, -0.2) is 22.7 Å². The van der Waals surface area contributed by atoms with E-state index in [9.17, 15) is 9.59 Å². The summed E-state index contributed by atoms with van der Waals surface area (Å²) in [6, 6.07) is 14.3. The molecule has 6 heteroatoms. The lowest BCUT2D eigenvalue weighted by Gasteiger charge is -2.14. The maximum Gasteiger partial charge on any atom is 0.250 e. The monoisotopic (exact) mass is 385 g/mol. The fourth-order valence-corrected chi connectivity index (χ4v) is 4.64. The van der Waals surface area contributed by atoms with Crippen molar-refractivity contribution in [3.8, 4) is 5.75 Å². The predicted octanol–water partition coefficient (Wildman–Crippen LogP) is 4.03. The van der Waals surface area contributed by atoms with Crippen LogP contribution < -0.4 is 10.3 Å². The van der Waals surface area contributed by atoms with Crippen molar-refractivity contribution in [2.45, 2.75) is 10.8 Å². The van der Waals surface area contributed by atoms with Crippen LogP contribution in [0.4, 0.5) is 0 Å². The van der Waals surface area contributed by atoms with Gasteiger partial charge in [0.15, 0.2) is 5.78 Å². The molecule has 26 heavy (non-hydrogen) atoms. The van der Waals surface area contributed by atoms with Crippen molar-refractivity contribution in [2.24, 2.45) is 7.05 Å². The fourth-order valence-electron chi connectivity index (χ4n) is 3.24. The number of carbonyl (C=O) groups excluding carboxylic acids is 1. The largest absolute Gasteiger partial charge is 0.486 e. The number of ketones is 1. The smallest absolute Gasteiger partial charge is 0.250 e. The van der Waals surface area contributed by atoms with E-state index < -0.39 is 0 Å². The van der Waals surface area contributed by atoms with Crippen molar-refractivity contribution in [3.05, 3.63) is 69.5 Å². The van der Waals surface area contributed by atoms with E-state index in [2.05, 4.69) is 0 Å². The Balaban J connectivity index is 1.63. The number of rotatable bonds is 4. The van der Waals surface area contributed by atoms with Gasteiger partial charge < -0.3 is 9.30 Å². The summed E-state index contributed by atoms with van der Waals surface area (Å²) in [5.41, 5.74) is 1.79. The number of thioether (sulfide) groups is 1. The number of fused-ring (bicyclic) bond motifs is 3. The molecule has 1 unspecified atom stereocenters. The van der Waals surface area contributed by atoms with Gasteiger partial charge in [-0.05, 0) is 48.0 Å². The summed E-state index contributed by atoms with van der Waals surface area (Å²) in [7, 11) is 1.75. The Morgan fingerprint density at radius 1 is 1.19 bits per heavy atom. The zero-order valence-corrected chi connectivity index (χ0v) is 15.6. The molecule has 0 fully saturated rings. The van der Waals surface area contributed by atoms with Crippen LogP contribution in [0.5, 0.6) is 5.75 Å². The molecule has 2 aromatic carbocycles. The molecule has 1 atom stereocenters. The number of Topliss-reactive ketones (excluding diaryl/α,β-unsaturated/α-hetero) is 1. The SMILES string of the molecule is Cn1c(=O)ccc2c3c(ccc21)SCC3C(=O)COc1ccc(Cl)cc1. The molecule has 0 aliphatic carbocycles. The maximum absolute atomic E-state index is 12.8. The molecular weight excluding hydrogens is 370 g/mol. The van der Waals surface area contributed by atoms with Gasteiger partial charge in [0.1, 0.15) is 12.4 Å².